The Hall–Kier alpha value is -3.68. The predicted octanol–water partition coefficient (Wildman–Crippen LogP) is 3.58. The molecule has 0 saturated carbocycles. The predicted molar refractivity (Wildman–Crippen MR) is 112 cm³/mol. The van der Waals surface area contributed by atoms with Crippen molar-refractivity contribution in [3.63, 3.8) is 0 Å². The molecule has 0 fully saturated rings. The van der Waals surface area contributed by atoms with Crippen molar-refractivity contribution in [3.05, 3.63) is 64.9 Å². The van der Waals surface area contributed by atoms with Gasteiger partial charge in [0, 0.05) is 11.3 Å². The van der Waals surface area contributed by atoms with Crippen LogP contribution in [-0.4, -0.2) is 25.4 Å². The maximum absolute atomic E-state index is 13.1. The molecule has 2 aliphatic heterocycles. The molecule has 0 aromatic heterocycles. The second-order valence-electron chi connectivity index (χ2n) is 7.22. The number of amides is 2. The number of rotatable bonds is 7. The molecule has 2 aromatic carbocycles. The van der Waals surface area contributed by atoms with Gasteiger partial charge in [-0.3, -0.25) is 0 Å². The largest absolute Gasteiger partial charge is 0.493 e. The molecule has 0 saturated heterocycles. The Balaban J connectivity index is 1.56. The summed E-state index contributed by atoms with van der Waals surface area (Å²) in [6, 6.07) is 11.6. The highest BCUT2D eigenvalue weighted by molar-refractivity contribution is 5.95. The fourth-order valence-electron chi connectivity index (χ4n) is 3.52. The quantitative estimate of drug-likeness (QED) is 0.660. The van der Waals surface area contributed by atoms with Crippen molar-refractivity contribution >= 4 is 12.0 Å². The SMILES string of the molecule is CCCOc1ccccc1C1NC(=O)NC(C)=C1C(=O)OCc1ccc2c(c1)OCO2. The molecular formula is C23H24N2O6. The summed E-state index contributed by atoms with van der Waals surface area (Å²) >= 11 is 0. The minimum absolute atomic E-state index is 0.0564. The van der Waals surface area contributed by atoms with Gasteiger partial charge in [0.15, 0.2) is 11.5 Å². The lowest BCUT2D eigenvalue weighted by molar-refractivity contribution is -0.140. The van der Waals surface area contributed by atoms with Crippen LogP contribution in [0.4, 0.5) is 4.79 Å². The first-order chi connectivity index (χ1) is 15.1. The molecule has 0 radical (unpaired) electrons. The number of nitrogens with one attached hydrogen (secondary N) is 2. The van der Waals surface area contributed by atoms with Crippen molar-refractivity contribution in [2.75, 3.05) is 13.4 Å². The smallest absolute Gasteiger partial charge is 0.338 e. The molecule has 4 rings (SSSR count). The molecule has 8 heteroatoms. The molecule has 8 nitrogen and oxygen atoms in total. The summed E-state index contributed by atoms with van der Waals surface area (Å²) in [5.74, 6) is 1.37. The van der Waals surface area contributed by atoms with E-state index in [1.54, 1.807) is 19.1 Å². The van der Waals surface area contributed by atoms with Gasteiger partial charge in [-0.2, -0.15) is 0 Å². The van der Waals surface area contributed by atoms with E-state index < -0.39 is 12.0 Å². The zero-order chi connectivity index (χ0) is 21.8. The van der Waals surface area contributed by atoms with E-state index in [2.05, 4.69) is 10.6 Å². The van der Waals surface area contributed by atoms with Gasteiger partial charge in [-0.05, 0) is 37.1 Å². The van der Waals surface area contributed by atoms with Gasteiger partial charge in [0.05, 0.1) is 18.2 Å². The number of fused-ring (bicyclic) bond motifs is 1. The Kier molecular flexibility index (Phi) is 5.97. The van der Waals surface area contributed by atoms with Crippen LogP contribution in [0.1, 0.15) is 37.4 Å². The van der Waals surface area contributed by atoms with E-state index in [1.807, 2.05) is 37.3 Å². The summed E-state index contributed by atoms with van der Waals surface area (Å²) in [4.78, 5) is 25.2. The molecule has 2 N–H and O–H groups in total. The number of ether oxygens (including phenoxy) is 4. The van der Waals surface area contributed by atoms with Crippen molar-refractivity contribution < 1.29 is 28.5 Å². The molecule has 162 valence electrons. The van der Waals surface area contributed by atoms with Crippen molar-refractivity contribution in [2.45, 2.75) is 32.9 Å². The van der Waals surface area contributed by atoms with Gasteiger partial charge < -0.3 is 29.6 Å². The van der Waals surface area contributed by atoms with Gasteiger partial charge in [0.1, 0.15) is 12.4 Å². The van der Waals surface area contributed by atoms with E-state index >= 15 is 0 Å². The molecule has 2 aliphatic rings. The molecule has 2 amide bonds. The molecule has 0 aliphatic carbocycles. The fraction of sp³-hybridized carbons (Fsp3) is 0.304. The van der Waals surface area contributed by atoms with Gasteiger partial charge >= 0.3 is 12.0 Å². The number of para-hydroxylation sites is 1. The topological polar surface area (TPSA) is 95.1 Å². The van der Waals surface area contributed by atoms with Crippen molar-refractivity contribution in [1.82, 2.24) is 10.6 Å². The van der Waals surface area contributed by atoms with Crippen LogP contribution < -0.4 is 24.8 Å². The van der Waals surface area contributed by atoms with Gasteiger partial charge in [0.2, 0.25) is 6.79 Å². The average molecular weight is 424 g/mol. The van der Waals surface area contributed by atoms with E-state index in [1.165, 1.54) is 0 Å². The summed E-state index contributed by atoms with van der Waals surface area (Å²) in [5, 5.41) is 5.47. The summed E-state index contributed by atoms with van der Waals surface area (Å²) in [6.45, 7) is 4.46. The number of carbonyl (C=O) groups is 2. The Morgan fingerprint density at radius 1 is 1.16 bits per heavy atom. The summed E-state index contributed by atoms with van der Waals surface area (Å²) in [6.07, 6.45) is 0.839. The van der Waals surface area contributed by atoms with Crippen LogP contribution in [0.5, 0.6) is 17.2 Å². The molecule has 2 aromatic rings. The van der Waals surface area contributed by atoms with Crippen LogP contribution in [0.15, 0.2) is 53.7 Å². The third kappa shape index (κ3) is 4.42. The fourth-order valence-corrected chi connectivity index (χ4v) is 3.52. The van der Waals surface area contributed by atoms with E-state index in [-0.39, 0.29) is 19.4 Å². The highest BCUT2D eigenvalue weighted by Gasteiger charge is 2.34. The van der Waals surface area contributed by atoms with Gasteiger partial charge in [-0.25, -0.2) is 9.59 Å². The van der Waals surface area contributed by atoms with Crippen LogP contribution in [0.25, 0.3) is 0 Å². The van der Waals surface area contributed by atoms with Crippen LogP contribution in [0.2, 0.25) is 0 Å². The van der Waals surface area contributed by atoms with E-state index in [9.17, 15) is 9.59 Å². The average Bonchev–Trinajstić information content (AvgIpc) is 3.23. The Morgan fingerprint density at radius 2 is 1.97 bits per heavy atom. The second-order valence-corrected chi connectivity index (χ2v) is 7.22. The van der Waals surface area contributed by atoms with Gasteiger partial charge in [0.25, 0.3) is 0 Å². The molecule has 1 unspecified atom stereocenters. The number of urea groups is 1. The normalized spacial score (nSPS) is 17.1. The lowest BCUT2D eigenvalue weighted by Gasteiger charge is -2.29. The van der Waals surface area contributed by atoms with Crippen molar-refractivity contribution in [2.24, 2.45) is 0 Å². The lowest BCUT2D eigenvalue weighted by Crippen LogP contribution is -2.45. The molecule has 0 bridgehead atoms. The number of esters is 1. The zero-order valence-corrected chi connectivity index (χ0v) is 17.4. The number of hydrogen-bond acceptors (Lipinski definition) is 6. The van der Waals surface area contributed by atoms with Crippen LogP contribution in [-0.2, 0) is 16.1 Å². The Bertz CT molecular complexity index is 1030. The Morgan fingerprint density at radius 3 is 2.81 bits per heavy atom. The van der Waals surface area contributed by atoms with E-state index in [0.29, 0.717) is 40.7 Å². The van der Waals surface area contributed by atoms with Crippen LogP contribution in [0, 0.1) is 0 Å². The van der Waals surface area contributed by atoms with Gasteiger partial charge in [-0.15, -0.1) is 0 Å². The molecule has 0 spiro atoms. The first-order valence-electron chi connectivity index (χ1n) is 10.1. The number of benzene rings is 2. The third-order valence-corrected chi connectivity index (χ3v) is 4.99. The van der Waals surface area contributed by atoms with Gasteiger partial charge in [-0.1, -0.05) is 31.2 Å². The number of carbonyl (C=O) groups excluding carboxylic acids is 2. The zero-order valence-electron chi connectivity index (χ0n) is 17.4. The maximum atomic E-state index is 13.1. The number of allylic oxidation sites excluding steroid dienone is 1. The minimum atomic E-state index is -0.689. The lowest BCUT2D eigenvalue weighted by atomic mass is 9.95. The first-order valence-corrected chi connectivity index (χ1v) is 10.1. The summed E-state index contributed by atoms with van der Waals surface area (Å²) in [5.41, 5.74) is 2.23. The van der Waals surface area contributed by atoms with E-state index in [4.69, 9.17) is 18.9 Å². The van der Waals surface area contributed by atoms with Crippen molar-refractivity contribution in [1.29, 1.82) is 0 Å². The van der Waals surface area contributed by atoms with E-state index in [0.717, 1.165) is 12.0 Å². The monoisotopic (exact) mass is 424 g/mol. The van der Waals surface area contributed by atoms with Crippen molar-refractivity contribution in [3.8, 4) is 17.2 Å². The summed E-state index contributed by atoms with van der Waals surface area (Å²) < 4.78 is 22.1. The molecular weight excluding hydrogens is 400 g/mol. The minimum Gasteiger partial charge on any atom is -0.493 e. The first kappa shape index (κ1) is 20.6. The molecule has 2 heterocycles. The van der Waals surface area contributed by atoms with Crippen LogP contribution in [0.3, 0.4) is 0 Å². The second kappa shape index (κ2) is 8.99. The molecule has 31 heavy (non-hydrogen) atoms. The highest BCUT2D eigenvalue weighted by atomic mass is 16.7. The standard InChI is InChI=1S/C23H24N2O6/c1-3-10-28-17-7-5-4-6-16(17)21-20(14(2)24-23(27)25-21)22(26)29-12-15-8-9-18-19(11-15)31-13-30-18/h4-9,11,21H,3,10,12-13H2,1-2H3,(H2,24,25,27). The Labute approximate surface area is 180 Å². The third-order valence-electron chi connectivity index (χ3n) is 4.99. The van der Waals surface area contributed by atoms with Crippen LogP contribution >= 0.6 is 0 Å². The maximum Gasteiger partial charge on any atom is 0.338 e. The molecule has 1 atom stereocenters. The highest BCUT2D eigenvalue weighted by Crippen LogP contribution is 2.35. The summed E-state index contributed by atoms with van der Waals surface area (Å²) in [7, 11) is 0. The number of hydrogen-bond donors (Lipinski definition) is 2.